The number of rotatable bonds is 0. The summed E-state index contributed by atoms with van der Waals surface area (Å²) in [5.74, 6) is 0. The Hall–Kier alpha value is -2.55. The molecule has 0 amide bonds. The monoisotopic (exact) mass is 417 g/mol. The quantitative estimate of drug-likeness (QED) is 0.143. The van der Waals surface area contributed by atoms with Crippen LogP contribution in [0.2, 0.25) is 0 Å². The van der Waals surface area contributed by atoms with Gasteiger partial charge < -0.3 is 4.40 Å². The largest absolute Gasteiger partial charge is 0.309 e. The van der Waals surface area contributed by atoms with Crippen molar-refractivity contribution in [1.82, 2.24) is 4.40 Å². The average molecular weight is 416 g/mol. The van der Waals surface area contributed by atoms with Crippen LogP contribution in [0.25, 0.3) is 38.1 Å². The topological polar surface area (TPSA) is 38.5 Å². The van der Waals surface area contributed by atoms with Gasteiger partial charge >= 0.3 is 0 Å². The van der Waals surface area contributed by atoms with Crippen molar-refractivity contribution in [3.8, 4) is 0 Å². The molecule has 148 valence electrons. The summed E-state index contributed by atoms with van der Waals surface area (Å²) in [6, 6.07) is 2.00. The van der Waals surface area contributed by atoms with Crippen molar-refractivity contribution >= 4 is 171 Å². The molecule has 0 aliphatic rings. The molecule has 5 aromatic rings. The minimum absolute atomic E-state index is 0.0353. The van der Waals surface area contributed by atoms with Crippen molar-refractivity contribution in [3.05, 3.63) is 26.5 Å². The summed E-state index contributed by atoms with van der Waals surface area (Å²) < 4.78 is 2.27. The van der Waals surface area contributed by atoms with Gasteiger partial charge in [0, 0.05) is 32.6 Å². The molecule has 13 heteroatoms. The third-order valence-electron chi connectivity index (χ3n) is 8.58. The Labute approximate surface area is 201 Å². The zero-order chi connectivity index (χ0) is 24.3. The maximum absolute atomic E-state index is 14.1. The molecular formula is C20H21B10NO2. The first-order valence-electron chi connectivity index (χ1n) is 11.7. The lowest BCUT2D eigenvalue weighted by atomic mass is 9.64. The van der Waals surface area contributed by atoms with Crippen molar-refractivity contribution in [3.63, 3.8) is 0 Å². The SMILES string of the molecule is Bc1c(B)c(B)c2c(c1B)c(=O)c1c(B)cc(B)c3c(=O)c4c(B)c(B)c(B)c(B)c4n2c13. The Morgan fingerprint density at radius 1 is 0.424 bits per heavy atom. The van der Waals surface area contributed by atoms with Crippen LogP contribution in [0.5, 0.6) is 0 Å². The van der Waals surface area contributed by atoms with Crippen molar-refractivity contribution in [2.75, 3.05) is 0 Å². The first-order chi connectivity index (χ1) is 15.4. The second kappa shape index (κ2) is 6.98. The number of hydrogen-bond acceptors (Lipinski definition) is 2. The van der Waals surface area contributed by atoms with Crippen LogP contribution in [0, 0.1) is 0 Å². The molecular weight excluding hydrogens is 394 g/mol. The highest BCUT2D eigenvalue weighted by atomic mass is 16.1. The highest BCUT2D eigenvalue weighted by Crippen LogP contribution is 2.21. The Balaban J connectivity index is 2.45. The molecule has 0 radical (unpaired) electrons. The number of nitrogens with zero attached hydrogens (tertiary/aromatic N) is 1. The van der Waals surface area contributed by atoms with Gasteiger partial charge in [0.2, 0.25) is 0 Å². The molecule has 0 fully saturated rings. The summed E-state index contributed by atoms with van der Waals surface area (Å²) in [7, 11) is 20.8. The van der Waals surface area contributed by atoms with Crippen molar-refractivity contribution in [2.45, 2.75) is 0 Å². The van der Waals surface area contributed by atoms with Gasteiger partial charge in [-0.25, -0.2) is 0 Å². The minimum atomic E-state index is 0.0353. The van der Waals surface area contributed by atoms with Crippen LogP contribution in [-0.2, 0) is 0 Å². The number of pyridine rings is 2. The molecule has 0 aliphatic heterocycles. The molecule has 0 N–H and O–H groups in total. The van der Waals surface area contributed by atoms with E-state index in [4.69, 9.17) is 0 Å². The number of benzene rings is 3. The van der Waals surface area contributed by atoms with Crippen LogP contribution in [0.15, 0.2) is 15.7 Å². The molecule has 3 aromatic carbocycles. The van der Waals surface area contributed by atoms with E-state index in [-0.39, 0.29) is 10.9 Å². The second-order valence-corrected chi connectivity index (χ2v) is 10.0. The van der Waals surface area contributed by atoms with Gasteiger partial charge in [0.15, 0.2) is 10.9 Å². The highest BCUT2D eigenvalue weighted by Gasteiger charge is 2.25. The van der Waals surface area contributed by atoms with E-state index in [1.165, 1.54) is 10.9 Å². The van der Waals surface area contributed by atoms with E-state index in [0.29, 0.717) is 10.8 Å². The van der Waals surface area contributed by atoms with E-state index in [9.17, 15) is 9.59 Å². The van der Waals surface area contributed by atoms with Crippen LogP contribution >= 0.6 is 0 Å². The van der Waals surface area contributed by atoms with E-state index in [1.54, 1.807) is 0 Å². The van der Waals surface area contributed by atoms with E-state index < -0.39 is 0 Å². The van der Waals surface area contributed by atoms with E-state index in [1.807, 2.05) is 21.8 Å². The molecule has 0 spiro atoms. The molecule has 0 atom stereocenters. The lowest BCUT2D eigenvalue weighted by molar-refractivity contribution is 1.34. The average Bonchev–Trinajstić information content (AvgIpc) is 2.76. The molecule has 0 bridgehead atoms. The van der Waals surface area contributed by atoms with Gasteiger partial charge in [0.25, 0.3) is 0 Å². The summed E-state index contributed by atoms with van der Waals surface area (Å²) in [4.78, 5) is 28.1. The zero-order valence-electron chi connectivity index (χ0n) is 21.3. The van der Waals surface area contributed by atoms with Gasteiger partial charge in [-0.15, -0.1) is 10.9 Å². The predicted octanol–water partition coefficient (Wildman–Crippen LogP) is -13.9. The maximum Gasteiger partial charge on any atom is 0.196 e. The number of hydrogen-bond donors (Lipinski definition) is 0. The highest BCUT2D eigenvalue weighted by molar-refractivity contribution is 6.68. The zero-order valence-corrected chi connectivity index (χ0v) is 21.3. The van der Waals surface area contributed by atoms with Crippen LogP contribution in [0.1, 0.15) is 0 Å². The minimum Gasteiger partial charge on any atom is -0.309 e. The Kier molecular flexibility index (Phi) is 4.70. The number of aromatic nitrogens is 1. The molecule has 0 aliphatic carbocycles. The summed E-state index contributed by atoms with van der Waals surface area (Å²) >= 11 is 0. The summed E-state index contributed by atoms with van der Waals surface area (Å²) in [6.07, 6.45) is 0. The Bertz CT molecular complexity index is 1730. The van der Waals surface area contributed by atoms with Crippen LogP contribution < -0.4 is 65.5 Å². The second-order valence-electron chi connectivity index (χ2n) is 10.0. The van der Waals surface area contributed by atoms with Crippen molar-refractivity contribution < 1.29 is 0 Å². The van der Waals surface area contributed by atoms with E-state index in [2.05, 4.69) is 67.2 Å². The van der Waals surface area contributed by atoms with Gasteiger partial charge in [-0.2, -0.15) is 0 Å². The van der Waals surface area contributed by atoms with Gasteiger partial charge in [0.05, 0.1) is 5.52 Å². The lowest BCUT2D eigenvalue weighted by Gasteiger charge is -2.25. The van der Waals surface area contributed by atoms with Crippen molar-refractivity contribution in [1.29, 1.82) is 0 Å². The third-order valence-corrected chi connectivity index (χ3v) is 8.58. The van der Waals surface area contributed by atoms with Gasteiger partial charge in [0.1, 0.15) is 78.5 Å². The fourth-order valence-corrected chi connectivity index (χ4v) is 6.05. The molecule has 2 aromatic heterocycles. The van der Waals surface area contributed by atoms with Crippen molar-refractivity contribution in [2.24, 2.45) is 0 Å². The molecule has 0 saturated carbocycles. The lowest BCUT2D eigenvalue weighted by Crippen LogP contribution is -2.51. The Morgan fingerprint density at radius 3 is 1.12 bits per heavy atom. The third kappa shape index (κ3) is 2.54. The fraction of sp³-hybridized carbons (Fsp3) is 0. The summed E-state index contributed by atoms with van der Waals surface area (Å²) in [5, 5.41) is 2.89. The molecule has 5 rings (SSSR count). The molecule has 2 heterocycles. The predicted molar refractivity (Wildman–Crippen MR) is 175 cm³/mol. The molecule has 0 unspecified atom stereocenters. The molecule has 3 nitrogen and oxygen atoms in total. The van der Waals surface area contributed by atoms with Gasteiger partial charge in [-0.3, -0.25) is 9.59 Å². The van der Waals surface area contributed by atoms with E-state index in [0.717, 1.165) is 71.0 Å². The number of fused-ring (bicyclic) bond motifs is 4. The maximum atomic E-state index is 14.1. The molecule has 0 saturated heterocycles. The van der Waals surface area contributed by atoms with Crippen LogP contribution in [0.4, 0.5) is 0 Å². The fourth-order valence-electron chi connectivity index (χ4n) is 6.05. The van der Waals surface area contributed by atoms with Crippen LogP contribution in [0.3, 0.4) is 0 Å². The normalized spacial score (nSPS) is 11.9. The van der Waals surface area contributed by atoms with Gasteiger partial charge in [-0.1, -0.05) is 49.8 Å². The summed E-state index contributed by atoms with van der Waals surface area (Å²) in [5.41, 5.74) is 13.6. The van der Waals surface area contributed by atoms with Crippen LogP contribution in [-0.4, -0.2) is 82.9 Å². The summed E-state index contributed by atoms with van der Waals surface area (Å²) in [6.45, 7) is 0. The first-order valence-corrected chi connectivity index (χ1v) is 11.7. The Morgan fingerprint density at radius 2 is 0.758 bits per heavy atom. The van der Waals surface area contributed by atoms with Gasteiger partial charge in [-0.05, 0) is 0 Å². The van der Waals surface area contributed by atoms with E-state index >= 15 is 0 Å². The smallest absolute Gasteiger partial charge is 0.196 e. The first kappa shape index (κ1) is 22.3. The molecule has 33 heavy (non-hydrogen) atoms. The standard InChI is InChI=1S/C20H21B10NO2/c21-2-1-3(22)5-16-4(2)19(32)6-8(23)10(25)12(27)14(29)17(6)31(16)18-7(20(5)33)9(24)11(26)13(28)15(18)30/h1H,21-30H2.